The fraction of sp³-hybridized carbons (Fsp3) is 0.941. The van der Waals surface area contributed by atoms with Gasteiger partial charge in [-0.15, -0.1) is 0 Å². The first-order valence-corrected chi connectivity index (χ1v) is 9.24. The molecule has 0 aliphatic carbocycles. The van der Waals surface area contributed by atoms with E-state index in [9.17, 15) is 0 Å². The number of guanidine groups is 1. The minimum Gasteiger partial charge on any atom is -0.379 e. The molecule has 0 aromatic carbocycles. The fourth-order valence-electron chi connectivity index (χ4n) is 3.09. The van der Waals surface area contributed by atoms with Crippen LogP contribution in [0.5, 0.6) is 0 Å². The van der Waals surface area contributed by atoms with Gasteiger partial charge in [0.25, 0.3) is 0 Å². The van der Waals surface area contributed by atoms with Crippen LogP contribution in [0.4, 0.5) is 0 Å². The van der Waals surface area contributed by atoms with Gasteiger partial charge in [0.1, 0.15) is 0 Å². The molecule has 0 aromatic rings. The number of rotatable bonds is 8. The fourth-order valence-corrected chi connectivity index (χ4v) is 3.09. The summed E-state index contributed by atoms with van der Waals surface area (Å²) in [4.78, 5) is 6.84. The quantitative estimate of drug-likeness (QED) is 0.399. The maximum absolute atomic E-state index is 5.76. The van der Waals surface area contributed by atoms with Crippen molar-refractivity contribution >= 4 is 5.96 Å². The number of aliphatic imine (C=N–C) groups is 1. The van der Waals surface area contributed by atoms with Crippen molar-refractivity contribution in [3.05, 3.63) is 0 Å². The van der Waals surface area contributed by atoms with E-state index in [1.807, 2.05) is 7.05 Å². The van der Waals surface area contributed by atoms with Gasteiger partial charge in [-0.25, -0.2) is 0 Å². The highest BCUT2D eigenvalue weighted by Gasteiger charge is 2.15. The predicted octanol–water partition coefficient (Wildman–Crippen LogP) is 1.22. The van der Waals surface area contributed by atoms with Crippen molar-refractivity contribution in [2.75, 3.05) is 59.6 Å². The topological polar surface area (TPSA) is 58.1 Å². The monoisotopic (exact) mass is 326 g/mol. The van der Waals surface area contributed by atoms with E-state index in [1.54, 1.807) is 0 Å². The van der Waals surface area contributed by atoms with Crippen LogP contribution in [0.3, 0.4) is 0 Å². The summed E-state index contributed by atoms with van der Waals surface area (Å²) in [5, 5.41) is 6.76. The Morgan fingerprint density at radius 1 is 1.17 bits per heavy atom. The van der Waals surface area contributed by atoms with E-state index >= 15 is 0 Å². The first-order chi connectivity index (χ1) is 11.4. The lowest BCUT2D eigenvalue weighted by molar-refractivity contribution is 0.0420. The number of hydrogen-bond acceptors (Lipinski definition) is 4. The number of nitrogens with one attached hydrogen (secondary N) is 2. The summed E-state index contributed by atoms with van der Waals surface area (Å²) in [6, 6.07) is 0. The zero-order chi connectivity index (χ0) is 16.2. The first kappa shape index (κ1) is 18.5. The van der Waals surface area contributed by atoms with E-state index in [4.69, 9.17) is 9.47 Å². The maximum Gasteiger partial charge on any atom is 0.191 e. The molecule has 2 N–H and O–H groups in total. The van der Waals surface area contributed by atoms with Crippen LogP contribution in [0, 0.1) is 0 Å². The van der Waals surface area contributed by atoms with Gasteiger partial charge in [0.15, 0.2) is 5.96 Å². The number of hydrogen-bond donors (Lipinski definition) is 2. The van der Waals surface area contributed by atoms with Gasteiger partial charge in [0, 0.05) is 39.9 Å². The highest BCUT2D eigenvalue weighted by molar-refractivity contribution is 5.79. The molecule has 0 spiro atoms. The molecule has 2 aliphatic heterocycles. The van der Waals surface area contributed by atoms with Gasteiger partial charge in [-0.1, -0.05) is 12.8 Å². The standard InChI is InChI=1S/C17H34N4O2/c1-18-17(19-8-6-13-23-16-7-14-22-15-16)20-9-12-21-10-4-2-3-5-11-21/h16H,2-15H2,1H3,(H2,18,19,20). The van der Waals surface area contributed by atoms with Crippen LogP contribution in [0.25, 0.3) is 0 Å². The molecular formula is C17H34N4O2. The molecule has 2 fully saturated rings. The molecule has 0 aromatic heterocycles. The summed E-state index contributed by atoms with van der Waals surface area (Å²) in [5.41, 5.74) is 0. The third kappa shape index (κ3) is 7.99. The van der Waals surface area contributed by atoms with E-state index in [2.05, 4.69) is 20.5 Å². The Kier molecular flexibility index (Phi) is 9.36. The van der Waals surface area contributed by atoms with Crippen molar-refractivity contribution in [3.8, 4) is 0 Å². The molecule has 0 radical (unpaired) electrons. The Bertz CT molecular complexity index is 325. The van der Waals surface area contributed by atoms with Crippen molar-refractivity contribution in [3.63, 3.8) is 0 Å². The Morgan fingerprint density at radius 3 is 2.65 bits per heavy atom. The Morgan fingerprint density at radius 2 is 1.96 bits per heavy atom. The van der Waals surface area contributed by atoms with Crippen LogP contribution in [0.1, 0.15) is 38.5 Å². The molecule has 2 saturated heterocycles. The molecule has 6 heteroatoms. The summed E-state index contributed by atoms with van der Waals surface area (Å²) >= 11 is 0. The summed E-state index contributed by atoms with van der Waals surface area (Å²) in [6.45, 7) is 7.82. The maximum atomic E-state index is 5.76. The minimum absolute atomic E-state index is 0.307. The number of nitrogens with zero attached hydrogens (tertiary/aromatic N) is 2. The van der Waals surface area contributed by atoms with Crippen molar-refractivity contribution in [1.82, 2.24) is 15.5 Å². The SMILES string of the molecule is CN=C(NCCCOC1CCOC1)NCCN1CCCCCC1. The predicted molar refractivity (Wildman–Crippen MR) is 94.1 cm³/mol. The highest BCUT2D eigenvalue weighted by atomic mass is 16.5. The van der Waals surface area contributed by atoms with Crippen LogP contribution in [-0.2, 0) is 9.47 Å². The number of ether oxygens (including phenoxy) is 2. The van der Waals surface area contributed by atoms with E-state index in [0.29, 0.717) is 6.10 Å². The largest absolute Gasteiger partial charge is 0.379 e. The smallest absolute Gasteiger partial charge is 0.191 e. The zero-order valence-electron chi connectivity index (χ0n) is 14.7. The lowest BCUT2D eigenvalue weighted by Gasteiger charge is -2.20. The molecule has 0 amide bonds. The van der Waals surface area contributed by atoms with E-state index in [0.717, 1.165) is 58.3 Å². The molecular weight excluding hydrogens is 292 g/mol. The third-order valence-corrected chi connectivity index (χ3v) is 4.50. The van der Waals surface area contributed by atoms with Crippen LogP contribution in [-0.4, -0.2) is 76.6 Å². The minimum atomic E-state index is 0.307. The average Bonchev–Trinajstić information content (AvgIpc) is 2.95. The van der Waals surface area contributed by atoms with Crippen molar-refractivity contribution in [1.29, 1.82) is 0 Å². The van der Waals surface area contributed by atoms with Gasteiger partial charge in [-0.2, -0.15) is 0 Å². The molecule has 2 heterocycles. The molecule has 23 heavy (non-hydrogen) atoms. The van der Waals surface area contributed by atoms with Crippen molar-refractivity contribution in [2.24, 2.45) is 4.99 Å². The second-order valence-electron chi connectivity index (χ2n) is 6.39. The van der Waals surface area contributed by atoms with Gasteiger partial charge in [0.2, 0.25) is 0 Å². The Balaban J connectivity index is 1.47. The first-order valence-electron chi connectivity index (χ1n) is 9.24. The molecule has 134 valence electrons. The molecule has 0 bridgehead atoms. The normalized spacial score (nSPS) is 23.7. The van der Waals surface area contributed by atoms with E-state index in [1.165, 1.54) is 38.8 Å². The van der Waals surface area contributed by atoms with Gasteiger partial charge in [0.05, 0.1) is 12.7 Å². The number of likely N-dealkylation sites (tertiary alicyclic amines) is 1. The lowest BCUT2D eigenvalue weighted by Crippen LogP contribution is -2.42. The van der Waals surface area contributed by atoms with Crippen molar-refractivity contribution in [2.45, 2.75) is 44.6 Å². The molecule has 2 rings (SSSR count). The zero-order valence-corrected chi connectivity index (χ0v) is 14.7. The van der Waals surface area contributed by atoms with Gasteiger partial charge in [-0.05, 0) is 38.8 Å². The molecule has 6 nitrogen and oxygen atoms in total. The van der Waals surface area contributed by atoms with Gasteiger partial charge in [-0.3, -0.25) is 4.99 Å². The van der Waals surface area contributed by atoms with Crippen LogP contribution in [0.15, 0.2) is 4.99 Å². The van der Waals surface area contributed by atoms with Gasteiger partial charge >= 0.3 is 0 Å². The summed E-state index contributed by atoms with van der Waals surface area (Å²) in [7, 11) is 1.83. The molecule has 0 saturated carbocycles. The summed E-state index contributed by atoms with van der Waals surface area (Å²) in [6.07, 6.45) is 7.81. The van der Waals surface area contributed by atoms with Crippen LogP contribution < -0.4 is 10.6 Å². The van der Waals surface area contributed by atoms with Crippen LogP contribution >= 0.6 is 0 Å². The second kappa shape index (κ2) is 11.6. The van der Waals surface area contributed by atoms with Gasteiger partial charge < -0.3 is 25.0 Å². The summed E-state index contributed by atoms with van der Waals surface area (Å²) < 4.78 is 11.1. The molecule has 1 unspecified atom stereocenters. The summed E-state index contributed by atoms with van der Waals surface area (Å²) in [5.74, 6) is 0.893. The van der Waals surface area contributed by atoms with Crippen LogP contribution in [0.2, 0.25) is 0 Å². The van der Waals surface area contributed by atoms with E-state index < -0.39 is 0 Å². The van der Waals surface area contributed by atoms with Crippen molar-refractivity contribution < 1.29 is 9.47 Å². The molecule has 2 aliphatic rings. The Hall–Kier alpha value is -0.850. The average molecular weight is 326 g/mol. The third-order valence-electron chi connectivity index (χ3n) is 4.50. The lowest BCUT2D eigenvalue weighted by atomic mass is 10.2. The Labute approximate surface area is 141 Å². The second-order valence-corrected chi connectivity index (χ2v) is 6.39. The van der Waals surface area contributed by atoms with E-state index in [-0.39, 0.29) is 0 Å². The molecule has 1 atom stereocenters. The highest BCUT2D eigenvalue weighted by Crippen LogP contribution is 2.09.